The summed E-state index contributed by atoms with van der Waals surface area (Å²) in [7, 11) is 1.53. The Kier molecular flexibility index (Phi) is 3.23. The number of anilines is 2. The van der Waals surface area contributed by atoms with Crippen LogP contribution in [0.25, 0.3) is 0 Å². The third kappa shape index (κ3) is 2.29. The zero-order valence-electron chi connectivity index (χ0n) is 10.2. The van der Waals surface area contributed by atoms with Crippen molar-refractivity contribution < 1.29 is 13.9 Å². The van der Waals surface area contributed by atoms with Gasteiger partial charge in [0.1, 0.15) is 5.75 Å². The molecular weight excluding hydrogens is 232 g/mol. The summed E-state index contributed by atoms with van der Waals surface area (Å²) >= 11 is 0. The molecule has 0 fully saturated rings. The summed E-state index contributed by atoms with van der Waals surface area (Å²) < 4.78 is 10.1. The maximum absolute atomic E-state index is 11.8. The second-order valence-corrected chi connectivity index (χ2v) is 3.84. The van der Waals surface area contributed by atoms with E-state index >= 15 is 0 Å². The zero-order chi connectivity index (χ0) is 13.1. The summed E-state index contributed by atoms with van der Waals surface area (Å²) in [4.78, 5) is 11.8. The van der Waals surface area contributed by atoms with E-state index in [4.69, 9.17) is 14.9 Å². The molecule has 0 unspecified atom stereocenters. The van der Waals surface area contributed by atoms with Gasteiger partial charge in [-0.2, -0.15) is 0 Å². The topological polar surface area (TPSA) is 77.5 Å². The van der Waals surface area contributed by atoms with Crippen molar-refractivity contribution in [3.8, 4) is 5.75 Å². The molecule has 94 valence electrons. The SMILES string of the molecule is COc1cc(NC(=O)c2ccco2)c(C)cc1N. The number of ether oxygens (including phenoxy) is 1. The van der Waals surface area contributed by atoms with Gasteiger partial charge in [0.15, 0.2) is 5.76 Å². The lowest BCUT2D eigenvalue weighted by Gasteiger charge is -2.11. The van der Waals surface area contributed by atoms with Gasteiger partial charge in [-0.3, -0.25) is 4.79 Å². The summed E-state index contributed by atoms with van der Waals surface area (Å²) in [6, 6.07) is 6.69. The first-order valence-corrected chi connectivity index (χ1v) is 5.41. The van der Waals surface area contributed by atoms with Gasteiger partial charge in [-0.25, -0.2) is 0 Å². The van der Waals surface area contributed by atoms with E-state index in [1.165, 1.54) is 13.4 Å². The van der Waals surface area contributed by atoms with E-state index in [1.807, 2.05) is 6.92 Å². The largest absolute Gasteiger partial charge is 0.495 e. The Hall–Kier alpha value is -2.43. The molecule has 0 aliphatic rings. The number of hydrogen-bond donors (Lipinski definition) is 2. The monoisotopic (exact) mass is 246 g/mol. The van der Waals surface area contributed by atoms with Crippen LogP contribution in [0.3, 0.4) is 0 Å². The molecule has 1 aromatic heterocycles. The Morgan fingerprint density at radius 1 is 1.44 bits per heavy atom. The van der Waals surface area contributed by atoms with E-state index in [0.717, 1.165) is 5.56 Å². The van der Waals surface area contributed by atoms with Gasteiger partial charge in [0.25, 0.3) is 5.91 Å². The van der Waals surface area contributed by atoms with E-state index in [1.54, 1.807) is 24.3 Å². The summed E-state index contributed by atoms with van der Waals surface area (Å²) in [6.07, 6.45) is 1.45. The number of carbonyl (C=O) groups excluding carboxylic acids is 1. The molecule has 0 saturated heterocycles. The molecule has 3 N–H and O–H groups in total. The summed E-state index contributed by atoms with van der Waals surface area (Å²) in [6.45, 7) is 1.85. The average molecular weight is 246 g/mol. The first kappa shape index (κ1) is 12.0. The van der Waals surface area contributed by atoms with E-state index in [9.17, 15) is 4.79 Å². The Balaban J connectivity index is 2.26. The Labute approximate surface area is 105 Å². The maximum atomic E-state index is 11.8. The number of hydrogen-bond acceptors (Lipinski definition) is 4. The number of benzene rings is 1. The summed E-state index contributed by atoms with van der Waals surface area (Å²) in [5.74, 6) is 0.468. The van der Waals surface area contributed by atoms with Gasteiger partial charge < -0.3 is 20.2 Å². The van der Waals surface area contributed by atoms with Crippen LogP contribution in [0, 0.1) is 6.92 Å². The lowest BCUT2D eigenvalue weighted by molar-refractivity contribution is 0.0996. The molecule has 0 saturated carbocycles. The highest BCUT2D eigenvalue weighted by Gasteiger charge is 2.12. The molecule has 18 heavy (non-hydrogen) atoms. The Morgan fingerprint density at radius 2 is 2.22 bits per heavy atom. The number of carbonyl (C=O) groups is 1. The van der Waals surface area contributed by atoms with Gasteiger partial charge in [0.05, 0.1) is 19.1 Å². The quantitative estimate of drug-likeness (QED) is 0.815. The van der Waals surface area contributed by atoms with Crippen molar-refractivity contribution in [3.05, 3.63) is 41.9 Å². The van der Waals surface area contributed by atoms with E-state index < -0.39 is 0 Å². The molecule has 2 rings (SSSR count). The smallest absolute Gasteiger partial charge is 0.291 e. The molecule has 2 aromatic rings. The number of methoxy groups -OCH3 is 1. The van der Waals surface area contributed by atoms with Gasteiger partial charge >= 0.3 is 0 Å². The van der Waals surface area contributed by atoms with E-state index in [-0.39, 0.29) is 11.7 Å². The van der Waals surface area contributed by atoms with Crippen molar-refractivity contribution in [2.24, 2.45) is 0 Å². The maximum Gasteiger partial charge on any atom is 0.291 e. The fourth-order valence-corrected chi connectivity index (χ4v) is 1.61. The van der Waals surface area contributed by atoms with Crippen LogP contribution in [0.2, 0.25) is 0 Å². The molecule has 1 heterocycles. The van der Waals surface area contributed by atoms with Crippen LogP contribution in [0.15, 0.2) is 34.9 Å². The molecule has 5 nitrogen and oxygen atoms in total. The summed E-state index contributed by atoms with van der Waals surface area (Å²) in [5, 5.41) is 2.75. The highest BCUT2D eigenvalue weighted by Crippen LogP contribution is 2.29. The van der Waals surface area contributed by atoms with Gasteiger partial charge in [0, 0.05) is 11.8 Å². The van der Waals surface area contributed by atoms with Crippen molar-refractivity contribution in [2.45, 2.75) is 6.92 Å². The molecule has 0 aliphatic carbocycles. The lowest BCUT2D eigenvalue weighted by atomic mass is 10.1. The van der Waals surface area contributed by atoms with Crippen molar-refractivity contribution in [3.63, 3.8) is 0 Å². The number of aryl methyl sites for hydroxylation is 1. The number of furan rings is 1. The van der Waals surface area contributed by atoms with E-state index in [0.29, 0.717) is 17.1 Å². The highest BCUT2D eigenvalue weighted by molar-refractivity contribution is 6.02. The molecule has 5 heteroatoms. The Bertz CT molecular complexity index is 562. The minimum atomic E-state index is -0.310. The molecule has 0 aliphatic heterocycles. The van der Waals surface area contributed by atoms with Crippen LogP contribution >= 0.6 is 0 Å². The third-order valence-corrected chi connectivity index (χ3v) is 2.57. The molecule has 0 spiro atoms. The Morgan fingerprint density at radius 3 is 2.83 bits per heavy atom. The standard InChI is InChI=1S/C13H14N2O3/c1-8-6-9(14)12(17-2)7-10(8)15-13(16)11-4-3-5-18-11/h3-7H,14H2,1-2H3,(H,15,16). The molecule has 1 amide bonds. The first-order valence-electron chi connectivity index (χ1n) is 5.41. The number of amides is 1. The fourth-order valence-electron chi connectivity index (χ4n) is 1.61. The lowest BCUT2D eigenvalue weighted by Crippen LogP contribution is -2.12. The molecule has 0 atom stereocenters. The van der Waals surface area contributed by atoms with Crippen molar-refractivity contribution in [2.75, 3.05) is 18.2 Å². The number of nitrogen functional groups attached to an aromatic ring is 1. The average Bonchev–Trinajstić information content (AvgIpc) is 2.86. The second-order valence-electron chi connectivity index (χ2n) is 3.84. The van der Waals surface area contributed by atoms with Gasteiger partial charge in [-0.1, -0.05) is 0 Å². The predicted molar refractivity (Wildman–Crippen MR) is 68.8 cm³/mol. The molecule has 1 aromatic carbocycles. The minimum absolute atomic E-state index is 0.255. The van der Waals surface area contributed by atoms with Gasteiger partial charge in [-0.05, 0) is 30.7 Å². The van der Waals surface area contributed by atoms with Crippen LogP contribution in [0.5, 0.6) is 5.75 Å². The van der Waals surface area contributed by atoms with Crippen LogP contribution in [0.1, 0.15) is 16.1 Å². The van der Waals surface area contributed by atoms with Gasteiger partial charge in [-0.15, -0.1) is 0 Å². The van der Waals surface area contributed by atoms with Crippen molar-refractivity contribution >= 4 is 17.3 Å². The van der Waals surface area contributed by atoms with Crippen LogP contribution in [-0.2, 0) is 0 Å². The van der Waals surface area contributed by atoms with E-state index in [2.05, 4.69) is 5.32 Å². The molecule has 0 bridgehead atoms. The zero-order valence-corrected chi connectivity index (χ0v) is 10.2. The third-order valence-electron chi connectivity index (χ3n) is 2.57. The molecule has 0 radical (unpaired) electrons. The number of nitrogens with two attached hydrogens (primary N) is 1. The van der Waals surface area contributed by atoms with Crippen LogP contribution < -0.4 is 15.8 Å². The number of rotatable bonds is 3. The number of nitrogens with one attached hydrogen (secondary N) is 1. The summed E-state index contributed by atoms with van der Waals surface area (Å²) in [5.41, 5.74) is 7.80. The predicted octanol–water partition coefficient (Wildman–Crippen LogP) is 2.43. The first-order chi connectivity index (χ1) is 8.61. The fraction of sp³-hybridized carbons (Fsp3) is 0.154. The minimum Gasteiger partial charge on any atom is -0.495 e. The van der Waals surface area contributed by atoms with Crippen LogP contribution in [-0.4, -0.2) is 13.0 Å². The molecular formula is C13H14N2O3. The van der Waals surface area contributed by atoms with Crippen molar-refractivity contribution in [1.82, 2.24) is 0 Å². The highest BCUT2D eigenvalue weighted by atomic mass is 16.5. The van der Waals surface area contributed by atoms with Crippen LogP contribution in [0.4, 0.5) is 11.4 Å². The van der Waals surface area contributed by atoms with Crippen molar-refractivity contribution in [1.29, 1.82) is 0 Å². The van der Waals surface area contributed by atoms with Gasteiger partial charge in [0.2, 0.25) is 0 Å². The second kappa shape index (κ2) is 4.83. The normalized spacial score (nSPS) is 10.1.